The maximum Gasteiger partial charge on any atom is 0.472 e. The van der Waals surface area contributed by atoms with Gasteiger partial charge in [-0.2, -0.15) is 0 Å². The first kappa shape index (κ1) is 10.9. The van der Waals surface area contributed by atoms with E-state index < -0.39 is 7.82 Å². The Balaban J connectivity index is 2.47. The average Bonchev–Trinajstić information content (AvgIpc) is 2.32. The number of rotatable bonds is 3. The molecule has 0 aromatic carbocycles. The van der Waals surface area contributed by atoms with Crippen molar-refractivity contribution in [2.45, 2.75) is 31.8 Å². The average molecular weight is 206 g/mol. The minimum atomic E-state index is -3.81. The van der Waals surface area contributed by atoms with E-state index in [2.05, 4.69) is 4.52 Å². The first-order chi connectivity index (χ1) is 6.14. The molecule has 0 bridgehead atoms. The molecule has 0 aliphatic heterocycles. The van der Waals surface area contributed by atoms with Crippen LogP contribution in [0.3, 0.4) is 0 Å². The molecule has 13 heavy (non-hydrogen) atoms. The lowest BCUT2D eigenvalue weighted by Crippen LogP contribution is -2.07. The summed E-state index contributed by atoms with van der Waals surface area (Å²) in [7, 11) is -2.64. The van der Waals surface area contributed by atoms with Gasteiger partial charge in [0, 0.05) is 7.11 Å². The van der Waals surface area contributed by atoms with Gasteiger partial charge in [-0.15, -0.1) is 0 Å². The fourth-order valence-corrected chi connectivity index (χ4v) is 1.86. The Hall–Kier alpha value is -0.150. The second-order valence-corrected chi connectivity index (χ2v) is 4.52. The zero-order chi connectivity index (χ0) is 9.73. The van der Waals surface area contributed by atoms with Crippen molar-refractivity contribution in [3.05, 3.63) is 12.2 Å². The zero-order valence-corrected chi connectivity index (χ0v) is 8.57. The van der Waals surface area contributed by atoms with Gasteiger partial charge in [0.05, 0.1) is 6.10 Å². The van der Waals surface area contributed by atoms with E-state index in [1.165, 1.54) is 7.11 Å². The van der Waals surface area contributed by atoms with Gasteiger partial charge in [0.2, 0.25) is 0 Å². The van der Waals surface area contributed by atoms with Gasteiger partial charge in [-0.3, -0.25) is 9.05 Å². The van der Waals surface area contributed by atoms with E-state index in [1.54, 1.807) is 0 Å². The summed E-state index contributed by atoms with van der Waals surface area (Å²) in [4.78, 5) is 9.04. The quantitative estimate of drug-likeness (QED) is 0.568. The smallest absolute Gasteiger partial charge is 0.302 e. The molecule has 4 nitrogen and oxygen atoms in total. The van der Waals surface area contributed by atoms with Crippen molar-refractivity contribution in [1.82, 2.24) is 0 Å². The second-order valence-electron chi connectivity index (χ2n) is 3.01. The van der Waals surface area contributed by atoms with E-state index in [0.717, 1.165) is 25.7 Å². The molecule has 2 unspecified atom stereocenters. The molecule has 76 valence electrons. The fraction of sp³-hybridized carbons (Fsp3) is 0.750. The van der Waals surface area contributed by atoms with Crippen LogP contribution in [-0.2, 0) is 13.6 Å². The molecule has 0 amide bonds. The van der Waals surface area contributed by atoms with Crippen molar-refractivity contribution in [3.63, 3.8) is 0 Å². The maximum atomic E-state index is 11.0. The first-order valence-corrected chi connectivity index (χ1v) is 5.87. The van der Waals surface area contributed by atoms with E-state index in [-0.39, 0.29) is 6.10 Å². The Kier molecular flexibility index (Phi) is 4.13. The van der Waals surface area contributed by atoms with E-state index in [0.29, 0.717) is 0 Å². The van der Waals surface area contributed by atoms with E-state index in [4.69, 9.17) is 9.42 Å². The molecular formula is C8H15O4P. The van der Waals surface area contributed by atoms with Crippen LogP contribution in [0.25, 0.3) is 0 Å². The van der Waals surface area contributed by atoms with Gasteiger partial charge < -0.3 is 4.89 Å². The summed E-state index contributed by atoms with van der Waals surface area (Å²) < 4.78 is 20.3. The molecule has 0 heterocycles. The predicted octanol–water partition coefficient (Wildman–Crippen LogP) is 2.25. The van der Waals surface area contributed by atoms with Crippen LogP contribution in [0.5, 0.6) is 0 Å². The van der Waals surface area contributed by atoms with Crippen molar-refractivity contribution in [2.75, 3.05) is 7.11 Å². The fourth-order valence-electron chi connectivity index (χ4n) is 1.25. The topological polar surface area (TPSA) is 55.8 Å². The summed E-state index contributed by atoms with van der Waals surface area (Å²) in [5.41, 5.74) is 0. The molecule has 0 aromatic rings. The van der Waals surface area contributed by atoms with Crippen LogP contribution >= 0.6 is 7.82 Å². The van der Waals surface area contributed by atoms with Gasteiger partial charge in [-0.25, -0.2) is 4.57 Å². The molecular weight excluding hydrogens is 191 g/mol. The molecule has 1 aliphatic rings. The van der Waals surface area contributed by atoms with Crippen molar-refractivity contribution < 1.29 is 18.5 Å². The molecule has 0 saturated heterocycles. The molecule has 0 radical (unpaired) electrons. The monoisotopic (exact) mass is 206 g/mol. The Labute approximate surface area is 78.2 Å². The standard InChI is InChI=1S/C8H15O4P/c1-11-13(9,10)12-8-6-4-2-3-5-7-8/h4,6,8H,2-3,5,7H2,1H3,(H,9,10). The lowest BCUT2D eigenvalue weighted by atomic mass is 10.2. The number of phosphoric acid groups is 1. The summed E-state index contributed by atoms with van der Waals surface area (Å²) in [6.45, 7) is 0. The highest BCUT2D eigenvalue weighted by atomic mass is 31.2. The Morgan fingerprint density at radius 3 is 3.00 bits per heavy atom. The number of allylic oxidation sites excluding steroid dienone is 1. The van der Waals surface area contributed by atoms with Gasteiger partial charge in [-0.05, 0) is 19.3 Å². The summed E-state index contributed by atoms with van der Waals surface area (Å²) in [6.07, 6.45) is 7.45. The van der Waals surface area contributed by atoms with E-state index in [1.807, 2.05) is 12.2 Å². The van der Waals surface area contributed by atoms with Gasteiger partial charge in [0.25, 0.3) is 0 Å². The van der Waals surface area contributed by atoms with Crippen LogP contribution in [0.15, 0.2) is 12.2 Å². The number of hydrogen-bond acceptors (Lipinski definition) is 3. The van der Waals surface area contributed by atoms with Crippen LogP contribution < -0.4 is 0 Å². The van der Waals surface area contributed by atoms with Crippen LogP contribution in [0.4, 0.5) is 0 Å². The van der Waals surface area contributed by atoms with Gasteiger partial charge in [0.1, 0.15) is 0 Å². The maximum absolute atomic E-state index is 11.0. The van der Waals surface area contributed by atoms with E-state index >= 15 is 0 Å². The lowest BCUT2D eigenvalue weighted by Gasteiger charge is -2.15. The zero-order valence-electron chi connectivity index (χ0n) is 7.68. The Morgan fingerprint density at radius 2 is 2.31 bits per heavy atom. The molecule has 1 aliphatic carbocycles. The highest BCUT2D eigenvalue weighted by Gasteiger charge is 2.23. The van der Waals surface area contributed by atoms with Gasteiger partial charge in [0.15, 0.2) is 0 Å². The normalized spacial score (nSPS) is 28.0. The van der Waals surface area contributed by atoms with Crippen molar-refractivity contribution >= 4 is 7.82 Å². The minimum absolute atomic E-state index is 0.279. The van der Waals surface area contributed by atoms with Crippen molar-refractivity contribution in [3.8, 4) is 0 Å². The summed E-state index contributed by atoms with van der Waals surface area (Å²) in [5.74, 6) is 0. The van der Waals surface area contributed by atoms with Crippen LogP contribution in [0.2, 0.25) is 0 Å². The van der Waals surface area contributed by atoms with Crippen molar-refractivity contribution in [1.29, 1.82) is 0 Å². The molecule has 0 fully saturated rings. The van der Waals surface area contributed by atoms with Gasteiger partial charge in [-0.1, -0.05) is 18.6 Å². The summed E-state index contributed by atoms with van der Waals surface area (Å²) >= 11 is 0. The molecule has 1 rings (SSSR count). The molecule has 0 spiro atoms. The molecule has 2 atom stereocenters. The lowest BCUT2D eigenvalue weighted by molar-refractivity contribution is 0.138. The first-order valence-electron chi connectivity index (χ1n) is 4.37. The minimum Gasteiger partial charge on any atom is -0.302 e. The largest absolute Gasteiger partial charge is 0.472 e. The molecule has 0 aromatic heterocycles. The third-order valence-corrected chi connectivity index (χ3v) is 2.96. The second kappa shape index (κ2) is 4.91. The highest BCUT2D eigenvalue weighted by Crippen LogP contribution is 2.44. The van der Waals surface area contributed by atoms with Crippen molar-refractivity contribution in [2.24, 2.45) is 0 Å². The molecule has 5 heteroatoms. The predicted molar refractivity (Wildman–Crippen MR) is 49.3 cm³/mol. The number of phosphoric ester groups is 1. The summed E-state index contributed by atoms with van der Waals surface area (Å²) in [5, 5.41) is 0. The third kappa shape index (κ3) is 4.05. The van der Waals surface area contributed by atoms with Crippen LogP contribution in [0, 0.1) is 0 Å². The van der Waals surface area contributed by atoms with E-state index in [9.17, 15) is 4.57 Å². The number of hydrogen-bond donors (Lipinski definition) is 1. The molecule has 0 saturated carbocycles. The SMILES string of the molecule is COP(=O)(O)OC1C=CCCCC1. The Morgan fingerprint density at radius 1 is 1.54 bits per heavy atom. The Bertz CT molecular complexity index is 226. The third-order valence-electron chi connectivity index (χ3n) is 1.96. The van der Waals surface area contributed by atoms with Crippen LogP contribution in [-0.4, -0.2) is 18.1 Å². The highest BCUT2D eigenvalue weighted by molar-refractivity contribution is 7.47. The summed E-state index contributed by atoms with van der Waals surface area (Å²) in [6, 6.07) is 0. The molecule has 1 N–H and O–H groups in total. The van der Waals surface area contributed by atoms with Crippen LogP contribution in [0.1, 0.15) is 25.7 Å². The van der Waals surface area contributed by atoms with Gasteiger partial charge >= 0.3 is 7.82 Å².